The number of nitrogens with two attached hydrogens (primary N) is 1. The Morgan fingerprint density at radius 3 is 3.14 bits per heavy atom. The summed E-state index contributed by atoms with van der Waals surface area (Å²) in [6, 6.07) is 2.24. The van der Waals surface area contributed by atoms with Crippen molar-refractivity contribution in [1.29, 1.82) is 0 Å². The second-order valence-corrected chi connectivity index (χ2v) is 4.11. The fourth-order valence-corrected chi connectivity index (χ4v) is 2.38. The maximum Gasteiger partial charge on any atom is 0.107 e. The molecule has 2 heteroatoms. The number of furan rings is 1. The van der Waals surface area contributed by atoms with Gasteiger partial charge in [0.1, 0.15) is 11.5 Å². The average molecular weight is 193 g/mol. The zero-order valence-corrected chi connectivity index (χ0v) is 8.88. The predicted molar refractivity (Wildman–Crippen MR) is 57.4 cm³/mol. The van der Waals surface area contributed by atoms with E-state index in [4.69, 9.17) is 10.2 Å². The number of fused-ring (bicyclic) bond motifs is 1. The molecule has 0 fully saturated rings. The molecule has 2 nitrogen and oxygen atoms in total. The zero-order chi connectivity index (χ0) is 9.97. The third kappa shape index (κ3) is 1.71. The number of aryl methyl sites for hydroxylation is 2. The van der Waals surface area contributed by atoms with Crippen LogP contribution in [0.25, 0.3) is 0 Å². The van der Waals surface area contributed by atoms with Crippen LogP contribution >= 0.6 is 0 Å². The smallest absolute Gasteiger partial charge is 0.107 e. The lowest BCUT2D eigenvalue weighted by atomic mass is 9.85. The fourth-order valence-electron chi connectivity index (χ4n) is 2.38. The average Bonchev–Trinajstić information content (AvgIpc) is 2.62. The van der Waals surface area contributed by atoms with Crippen molar-refractivity contribution in [3.05, 3.63) is 23.2 Å². The number of hydrogen-bond acceptors (Lipinski definition) is 2. The van der Waals surface area contributed by atoms with Gasteiger partial charge in [0, 0.05) is 12.8 Å². The van der Waals surface area contributed by atoms with E-state index in [9.17, 15) is 0 Å². The summed E-state index contributed by atoms with van der Waals surface area (Å²) >= 11 is 0. The van der Waals surface area contributed by atoms with Crippen LogP contribution in [0.1, 0.15) is 49.2 Å². The summed E-state index contributed by atoms with van der Waals surface area (Å²) in [5.41, 5.74) is 7.07. The van der Waals surface area contributed by atoms with Crippen molar-refractivity contribution in [3.63, 3.8) is 0 Å². The molecule has 14 heavy (non-hydrogen) atoms. The molecular weight excluding hydrogens is 174 g/mol. The summed E-state index contributed by atoms with van der Waals surface area (Å²) in [5, 5.41) is 0. The van der Waals surface area contributed by atoms with Crippen LogP contribution in [0, 0.1) is 0 Å². The number of hydrogen-bond donors (Lipinski definition) is 1. The highest BCUT2D eigenvalue weighted by molar-refractivity contribution is 5.28. The van der Waals surface area contributed by atoms with E-state index in [1.165, 1.54) is 24.2 Å². The fraction of sp³-hybridized carbons (Fsp3) is 0.667. The second kappa shape index (κ2) is 4.18. The quantitative estimate of drug-likeness (QED) is 0.801. The molecule has 0 saturated heterocycles. The molecule has 1 aliphatic rings. The lowest BCUT2D eigenvalue weighted by Crippen LogP contribution is -2.12. The van der Waals surface area contributed by atoms with Gasteiger partial charge in [0.15, 0.2) is 0 Å². The van der Waals surface area contributed by atoms with Crippen molar-refractivity contribution in [1.82, 2.24) is 0 Å². The van der Waals surface area contributed by atoms with Crippen molar-refractivity contribution in [2.45, 2.75) is 44.9 Å². The maximum absolute atomic E-state index is 5.79. The van der Waals surface area contributed by atoms with Crippen molar-refractivity contribution >= 4 is 0 Å². The van der Waals surface area contributed by atoms with Gasteiger partial charge in [0.25, 0.3) is 0 Å². The third-order valence-corrected chi connectivity index (χ3v) is 3.15. The highest BCUT2D eigenvalue weighted by atomic mass is 16.3. The first kappa shape index (κ1) is 9.78. The number of rotatable bonds is 3. The van der Waals surface area contributed by atoms with Crippen LogP contribution in [0.4, 0.5) is 0 Å². The van der Waals surface area contributed by atoms with E-state index in [0.29, 0.717) is 5.92 Å². The van der Waals surface area contributed by atoms with Gasteiger partial charge in [-0.05, 0) is 43.4 Å². The van der Waals surface area contributed by atoms with Crippen LogP contribution in [-0.4, -0.2) is 6.54 Å². The SMILES string of the molecule is CCc1cc2c(o1)CCCC2CCN. The monoisotopic (exact) mass is 193 g/mol. The molecule has 0 aliphatic heterocycles. The lowest BCUT2D eigenvalue weighted by molar-refractivity contribution is 0.422. The molecule has 0 saturated carbocycles. The summed E-state index contributed by atoms with van der Waals surface area (Å²) < 4.78 is 5.79. The van der Waals surface area contributed by atoms with Gasteiger partial charge in [-0.25, -0.2) is 0 Å². The van der Waals surface area contributed by atoms with E-state index in [1.54, 1.807) is 0 Å². The molecule has 1 aromatic rings. The van der Waals surface area contributed by atoms with Crippen molar-refractivity contribution in [2.24, 2.45) is 5.73 Å². The Hall–Kier alpha value is -0.760. The first-order valence-corrected chi connectivity index (χ1v) is 5.66. The normalized spacial score (nSPS) is 20.9. The standard InChI is InChI=1S/C12H19NO/c1-2-10-8-11-9(6-7-13)4-3-5-12(11)14-10/h8-9H,2-7,13H2,1H3. The van der Waals surface area contributed by atoms with E-state index in [-0.39, 0.29) is 0 Å². The van der Waals surface area contributed by atoms with Gasteiger partial charge in [-0.1, -0.05) is 6.92 Å². The summed E-state index contributed by atoms with van der Waals surface area (Å²) in [4.78, 5) is 0. The van der Waals surface area contributed by atoms with Gasteiger partial charge in [-0.15, -0.1) is 0 Å². The Bertz CT molecular complexity index is 303. The summed E-state index contributed by atoms with van der Waals surface area (Å²) in [6.07, 6.45) is 5.77. The Kier molecular flexibility index (Phi) is 2.92. The summed E-state index contributed by atoms with van der Waals surface area (Å²) in [5.74, 6) is 3.03. The summed E-state index contributed by atoms with van der Waals surface area (Å²) in [7, 11) is 0. The molecule has 2 rings (SSSR count). The first-order valence-electron chi connectivity index (χ1n) is 5.66. The van der Waals surface area contributed by atoms with Crippen molar-refractivity contribution in [2.75, 3.05) is 6.54 Å². The van der Waals surface area contributed by atoms with Gasteiger partial charge in [-0.2, -0.15) is 0 Å². The molecule has 1 aliphatic carbocycles. The Morgan fingerprint density at radius 1 is 1.57 bits per heavy atom. The second-order valence-electron chi connectivity index (χ2n) is 4.11. The summed E-state index contributed by atoms with van der Waals surface area (Å²) in [6.45, 7) is 2.93. The molecule has 2 N–H and O–H groups in total. The van der Waals surface area contributed by atoms with Crippen LogP contribution in [0.5, 0.6) is 0 Å². The van der Waals surface area contributed by atoms with E-state index in [2.05, 4.69) is 13.0 Å². The molecular formula is C12H19NO. The highest BCUT2D eigenvalue weighted by Crippen LogP contribution is 2.35. The Balaban J connectivity index is 2.24. The predicted octanol–water partition coefficient (Wildman–Crippen LogP) is 2.61. The molecule has 0 bridgehead atoms. The topological polar surface area (TPSA) is 39.2 Å². The first-order chi connectivity index (χ1) is 6.85. The molecule has 1 heterocycles. The minimum Gasteiger partial charge on any atom is -0.466 e. The van der Waals surface area contributed by atoms with Gasteiger partial charge < -0.3 is 10.2 Å². The molecule has 0 aromatic carbocycles. The van der Waals surface area contributed by atoms with E-state index < -0.39 is 0 Å². The van der Waals surface area contributed by atoms with Crippen molar-refractivity contribution in [3.8, 4) is 0 Å². The zero-order valence-electron chi connectivity index (χ0n) is 8.88. The molecule has 78 valence electrons. The van der Waals surface area contributed by atoms with Gasteiger partial charge in [0.2, 0.25) is 0 Å². The molecule has 0 spiro atoms. The van der Waals surface area contributed by atoms with E-state index >= 15 is 0 Å². The minimum absolute atomic E-state index is 0.660. The third-order valence-electron chi connectivity index (χ3n) is 3.15. The van der Waals surface area contributed by atoms with Crippen molar-refractivity contribution < 1.29 is 4.42 Å². The Labute approximate surface area is 85.5 Å². The molecule has 1 aromatic heterocycles. The molecule has 1 atom stereocenters. The van der Waals surface area contributed by atoms with E-state index in [1.807, 2.05) is 0 Å². The lowest BCUT2D eigenvalue weighted by Gasteiger charge is -2.20. The molecule has 1 unspecified atom stereocenters. The largest absolute Gasteiger partial charge is 0.466 e. The highest BCUT2D eigenvalue weighted by Gasteiger charge is 2.23. The molecule has 0 radical (unpaired) electrons. The van der Waals surface area contributed by atoms with Gasteiger partial charge in [0.05, 0.1) is 0 Å². The molecule has 0 amide bonds. The van der Waals surface area contributed by atoms with Crippen LogP contribution in [0.15, 0.2) is 10.5 Å². The van der Waals surface area contributed by atoms with Crippen LogP contribution < -0.4 is 5.73 Å². The van der Waals surface area contributed by atoms with Gasteiger partial charge in [-0.3, -0.25) is 0 Å². The van der Waals surface area contributed by atoms with Crippen LogP contribution in [-0.2, 0) is 12.8 Å². The van der Waals surface area contributed by atoms with Gasteiger partial charge >= 0.3 is 0 Å². The Morgan fingerprint density at radius 2 is 2.43 bits per heavy atom. The minimum atomic E-state index is 0.660. The van der Waals surface area contributed by atoms with E-state index in [0.717, 1.165) is 31.6 Å². The van der Waals surface area contributed by atoms with Crippen LogP contribution in [0.3, 0.4) is 0 Å². The maximum atomic E-state index is 5.79. The van der Waals surface area contributed by atoms with Crippen LogP contribution in [0.2, 0.25) is 0 Å².